The van der Waals surface area contributed by atoms with Gasteiger partial charge in [0.1, 0.15) is 6.61 Å². The molecule has 0 radical (unpaired) electrons. The molecular formula is C16H16ClNO2. The topological polar surface area (TPSA) is 52.3 Å². The van der Waals surface area contributed by atoms with Crippen LogP contribution in [0, 0.1) is 0 Å². The molecule has 2 rings (SSSR count). The minimum absolute atomic E-state index is 0.229. The van der Waals surface area contributed by atoms with Crippen LogP contribution in [0.5, 0.6) is 0 Å². The summed E-state index contributed by atoms with van der Waals surface area (Å²) in [5, 5.41) is 0.661. The Hall–Kier alpha value is -1.84. The Labute approximate surface area is 123 Å². The number of rotatable bonds is 5. The molecule has 0 heterocycles. The average Bonchev–Trinajstić information content (AvgIpc) is 2.47. The molecule has 0 saturated carbocycles. The van der Waals surface area contributed by atoms with E-state index in [0.717, 1.165) is 11.1 Å². The number of carbonyl (C=O) groups is 1. The second kappa shape index (κ2) is 7.08. The van der Waals surface area contributed by atoms with Gasteiger partial charge in [0.25, 0.3) is 0 Å². The zero-order chi connectivity index (χ0) is 14.4. The predicted molar refractivity (Wildman–Crippen MR) is 79.8 cm³/mol. The largest absolute Gasteiger partial charge is 0.457 e. The normalized spacial score (nSPS) is 10.3. The summed E-state index contributed by atoms with van der Waals surface area (Å²) in [6.07, 6.45) is 0.659. The second-order valence-corrected chi connectivity index (χ2v) is 4.83. The first kappa shape index (κ1) is 14.6. The van der Waals surface area contributed by atoms with E-state index >= 15 is 0 Å². The third kappa shape index (κ3) is 3.83. The quantitative estimate of drug-likeness (QED) is 0.860. The fourth-order valence-electron chi connectivity index (χ4n) is 1.90. The maximum absolute atomic E-state index is 12.1. The molecular weight excluding hydrogens is 274 g/mol. The summed E-state index contributed by atoms with van der Waals surface area (Å²) in [4.78, 5) is 12.1. The van der Waals surface area contributed by atoms with Crippen molar-refractivity contribution in [1.82, 2.24) is 0 Å². The van der Waals surface area contributed by atoms with Crippen molar-refractivity contribution in [3.63, 3.8) is 0 Å². The van der Waals surface area contributed by atoms with E-state index in [0.29, 0.717) is 23.6 Å². The third-order valence-electron chi connectivity index (χ3n) is 2.93. The number of carbonyl (C=O) groups excluding carboxylic acids is 1. The lowest BCUT2D eigenvalue weighted by molar-refractivity contribution is 0.0471. The Morgan fingerprint density at radius 3 is 2.50 bits per heavy atom. The molecule has 20 heavy (non-hydrogen) atoms. The van der Waals surface area contributed by atoms with E-state index < -0.39 is 0 Å². The number of hydrogen-bond donors (Lipinski definition) is 1. The summed E-state index contributed by atoms with van der Waals surface area (Å²) in [6.45, 7) is 0.731. The van der Waals surface area contributed by atoms with Crippen molar-refractivity contribution in [3.8, 4) is 0 Å². The van der Waals surface area contributed by atoms with Gasteiger partial charge in [-0.1, -0.05) is 41.9 Å². The molecule has 2 aromatic rings. The SMILES string of the molecule is NCCc1ccccc1C(=O)OCc1ccc(Cl)cc1. The number of ether oxygens (including phenoxy) is 1. The standard InChI is InChI=1S/C16H16ClNO2/c17-14-7-5-12(6-8-14)11-20-16(19)15-4-2-1-3-13(15)9-10-18/h1-8H,9-11,18H2. The summed E-state index contributed by atoms with van der Waals surface area (Å²) in [5.41, 5.74) is 7.93. The highest BCUT2D eigenvalue weighted by Gasteiger charge is 2.11. The molecule has 0 aliphatic carbocycles. The van der Waals surface area contributed by atoms with E-state index in [1.54, 1.807) is 18.2 Å². The number of hydrogen-bond acceptors (Lipinski definition) is 3. The van der Waals surface area contributed by atoms with Gasteiger partial charge in [-0.2, -0.15) is 0 Å². The van der Waals surface area contributed by atoms with Gasteiger partial charge < -0.3 is 10.5 Å². The van der Waals surface area contributed by atoms with Gasteiger partial charge in [-0.25, -0.2) is 4.79 Å². The first-order valence-corrected chi connectivity index (χ1v) is 6.78. The van der Waals surface area contributed by atoms with Crippen LogP contribution >= 0.6 is 11.6 Å². The fraction of sp³-hybridized carbons (Fsp3) is 0.188. The number of halogens is 1. The van der Waals surface area contributed by atoms with Crippen molar-refractivity contribution in [2.75, 3.05) is 6.54 Å². The van der Waals surface area contributed by atoms with E-state index in [1.807, 2.05) is 30.3 Å². The lowest BCUT2D eigenvalue weighted by atomic mass is 10.0. The Morgan fingerprint density at radius 2 is 1.80 bits per heavy atom. The molecule has 3 nitrogen and oxygen atoms in total. The van der Waals surface area contributed by atoms with Crippen LogP contribution in [0.3, 0.4) is 0 Å². The zero-order valence-electron chi connectivity index (χ0n) is 11.0. The molecule has 2 N–H and O–H groups in total. The van der Waals surface area contributed by atoms with Crippen molar-refractivity contribution >= 4 is 17.6 Å². The zero-order valence-corrected chi connectivity index (χ0v) is 11.8. The van der Waals surface area contributed by atoms with Crippen LogP contribution in [-0.2, 0) is 17.8 Å². The van der Waals surface area contributed by atoms with Gasteiger partial charge >= 0.3 is 5.97 Å². The molecule has 0 amide bonds. The molecule has 0 aliphatic rings. The third-order valence-corrected chi connectivity index (χ3v) is 3.19. The van der Waals surface area contributed by atoms with Gasteiger partial charge in [-0.3, -0.25) is 0 Å². The molecule has 0 bridgehead atoms. The van der Waals surface area contributed by atoms with Gasteiger partial charge in [0.2, 0.25) is 0 Å². The summed E-state index contributed by atoms with van der Waals surface area (Å²) < 4.78 is 5.32. The summed E-state index contributed by atoms with van der Waals surface area (Å²) in [5.74, 6) is -0.330. The first-order valence-electron chi connectivity index (χ1n) is 6.40. The highest BCUT2D eigenvalue weighted by molar-refractivity contribution is 6.30. The molecule has 0 unspecified atom stereocenters. The van der Waals surface area contributed by atoms with Crippen LogP contribution < -0.4 is 5.73 Å². The number of nitrogens with two attached hydrogens (primary N) is 1. The predicted octanol–water partition coefficient (Wildman–Crippen LogP) is 3.20. The van der Waals surface area contributed by atoms with Crippen molar-refractivity contribution in [3.05, 3.63) is 70.2 Å². The molecule has 0 aliphatic heterocycles. The van der Waals surface area contributed by atoms with E-state index in [4.69, 9.17) is 22.1 Å². The van der Waals surface area contributed by atoms with Crippen LogP contribution in [0.4, 0.5) is 0 Å². The number of esters is 1. The average molecular weight is 290 g/mol. The maximum Gasteiger partial charge on any atom is 0.338 e. The second-order valence-electron chi connectivity index (χ2n) is 4.40. The monoisotopic (exact) mass is 289 g/mol. The van der Waals surface area contributed by atoms with Gasteiger partial charge in [0.05, 0.1) is 5.56 Å². The smallest absolute Gasteiger partial charge is 0.338 e. The van der Waals surface area contributed by atoms with E-state index in [9.17, 15) is 4.79 Å². The first-order chi connectivity index (χ1) is 9.70. The van der Waals surface area contributed by atoms with Gasteiger partial charge in [0.15, 0.2) is 0 Å². The van der Waals surface area contributed by atoms with Crippen LogP contribution in [0.15, 0.2) is 48.5 Å². The lowest BCUT2D eigenvalue weighted by Crippen LogP contribution is -2.11. The van der Waals surface area contributed by atoms with Gasteiger partial charge in [-0.15, -0.1) is 0 Å². The Morgan fingerprint density at radius 1 is 1.10 bits per heavy atom. The van der Waals surface area contributed by atoms with Crippen LogP contribution in [0.25, 0.3) is 0 Å². The molecule has 104 valence electrons. The Kier molecular flexibility index (Phi) is 5.16. The van der Waals surface area contributed by atoms with Crippen LogP contribution in [0.1, 0.15) is 21.5 Å². The number of benzene rings is 2. The molecule has 2 aromatic carbocycles. The highest BCUT2D eigenvalue weighted by atomic mass is 35.5. The molecule has 0 fully saturated rings. The maximum atomic E-state index is 12.1. The van der Waals surface area contributed by atoms with Crippen LogP contribution in [-0.4, -0.2) is 12.5 Å². The molecule has 4 heteroatoms. The minimum atomic E-state index is -0.330. The summed E-state index contributed by atoms with van der Waals surface area (Å²) in [7, 11) is 0. The summed E-state index contributed by atoms with van der Waals surface area (Å²) in [6, 6.07) is 14.6. The van der Waals surface area contributed by atoms with E-state index in [-0.39, 0.29) is 12.6 Å². The van der Waals surface area contributed by atoms with Crippen LogP contribution in [0.2, 0.25) is 5.02 Å². The molecule has 0 atom stereocenters. The highest BCUT2D eigenvalue weighted by Crippen LogP contribution is 2.14. The van der Waals surface area contributed by atoms with Crippen molar-refractivity contribution < 1.29 is 9.53 Å². The van der Waals surface area contributed by atoms with E-state index in [2.05, 4.69) is 0 Å². The van der Waals surface area contributed by atoms with Crippen molar-refractivity contribution in [2.45, 2.75) is 13.0 Å². The fourth-order valence-corrected chi connectivity index (χ4v) is 2.03. The molecule has 0 aromatic heterocycles. The van der Waals surface area contributed by atoms with Crippen molar-refractivity contribution in [2.24, 2.45) is 5.73 Å². The van der Waals surface area contributed by atoms with E-state index in [1.165, 1.54) is 0 Å². The van der Waals surface area contributed by atoms with Crippen molar-refractivity contribution in [1.29, 1.82) is 0 Å². The van der Waals surface area contributed by atoms with Gasteiger partial charge in [0, 0.05) is 5.02 Å². The lowest BCUT2D eigenvalue weighted by Gasteiger charge is -2.09. The Bertz CT molecular complexity index is 581. The molecule has 0 spiro atoms. The van der Waals surface area contributed by atoms with Gasteiger partial charge in [-0.05, 0) is 42.3 Å². The summed E-state index contributed by atoms with van der Waals surface area (Å²) >= 11 is 5.81. The minimum Gasteiger partial charge on any atom is -0.457 e. The molecule has 0 saturated heterocycles. The Balaban J connectivity index is 2.03.